The molecule has 0 bridgehead atoms. The average molecular weight is 493 g/mol. The van der Waals surface area contributed by atoms with Gasteiger partial charge in [-0.15, -0.1) is 5.10 Å². The van der Waals surface area contributed by atoms with Gasteiger partial charge in [0.25, 0.3) is 11.4 Å². The largest absolute Gasteiger partial charge is 0.450 e. The number of hydrogen-bond donors (Lipinski definition) is 0. The van der Waals surface area contributed by atoms with Crippen LogP contribution in [0.5, 0.6) is 11.5 Å². The van der Waals surface area contributed by atoms with Crippen molar-refractivity contribution in [3.63, 3.8) is 0 Å². The third-order valence-corrected chi connectivity index (χ3v) is 5.03. The Labute approximate surface area is 201 Å². The van der Waals surface area contributed by atoms with Crippen LogP contribution >= 0.6 is 0 Å². The van der Waals surface area contributed by atoms with Crippen LogP contribution in [0.1, 0.15) is 24.3 Å². The Bertz CT molecular complexity index is 1400. The fraction of sp³-hybridized carbons (Fsp3) is 0.0909. The van der Waals surface area contributed by atoms with Crippen molar-refractivity contribution in [2.75, 3.05) is 0 Å². The molecule has 14 heteroatoms. The smallest absolute Gasteiger partial charge is 0.318 e. The quantitative estimate of drug-likeness (QED) is 0.339. The van der Waals surface area contributed by atoms with E-state index in [2.05, 4.69) is 5.10 Å². The van der Waals surface area contributed by atoms with Gasteiger partial charge in [0.05, 0.1) is 20.8 Å². The Morgan fingerprint density at radius 3 is 2.06 bits per heavy atom. The van der Waals surface area contributed by atoms with Gasteiger partial charge in [0.1, 0.15) is 5.75 Å². The van der Waals surface area contributed by atoms with Crippen LogP contribution < -0.4 is 4.74 Å². The van der Waals surface area contributed by atoms with Crippen molar-refractivity contribution >= 4 is 28.9 Å². The third kappa shape index (κ3) is 4.77. The number of amides is 1. The van der Waals surface area contributed by atoms with Crippen LogP contribution in [-0.2, 0) is 9.53 Å². The minimum absolute atomic E-state index is 0.0897. The number of nitro groups is 3. The van der Waals surface area contributed by atoms with E-state index in [9.17, 15) is 35.1 Å². The monoisotopic (exact) mass is 493 g/mol. The Morgan fingerprint density at radius 2 is 1.50 bits per heavy atom. The lowest BCUT2D eigenvalue weighted by Gasteiger charge is -2.19. The summed E-state index contributed by atoms with van der Waals surface area (Å²) in [6, 6.07) is 14.6. The van der Waals surface area contributed by atoms with Gasteiger partial charge in [0.2, 0.25) is 23.8 Å². The standard InChI is InChI=1S/C22H15N5O9/c1-13(28)24-22(36-21(23-24)14-2-6-16(7-3-14)25(29)30)15-4-9-18(10-5-15)35-20-11-8-17(26(31)32)12-19(20)27(33)34/h2-12,22H,1H3/t22-/m1/s1. The molecule has 182 valence electrons. The van der Waals surface area contributed by atoms with Gasteiger partial charge in [-0.1, -0.05) is 0 Å². The van der Waals surface area contributed by atoms with E-state index in [4.69, 9.17) is 9.47 Å². The molecule has 1 aliphatic rings. The molecule has 1 atom stereocenters. The second kappa shape index (κ2) is 9.46. The lowest BCUT2D eigenvalue weighted by Crippen LogP contribution is -2.25. The Kier molecular flexibility index (Phi) is 6.24. The summed E-state index contributed by atoms with van der Waals surface area (Å²) in [5, 5.41) is 38.4. The summed E-state index contributed by atoms with van der Waals surface area (Å²) in [5.41, 5.74) is -0.204. The highest BCUT2D eigenvalue weighted by molar-refractivity contribution is 5.96. The van der Waals surface area contributed by atoms with Crippen molar-refractivity contribution in [2.45, 2.75) is 13.2 Å². The Morgan fingerprint density at radius 1 is 0.889 bits per heavy atom. The zero-order chi connectivity index (χ0) is 26.0. The van der Waals surface area contributed by atoms with E-state index >= 15 is 0 Å². The SMILES string of the molecule is CC(=O)N1N=C(c2ccc([N+](=O)[O-])cc2)O[C@@H]1c1ccc(Oc2ccc([N+](=O)[O-])cc2[N+](=O)[O-])cc1. The van der Waals surface area contributed by atoms with Crippen LogP contribution in [0.2, 0.25) is 0 Å². The van der Waals surface area contributed by atoms with Gasteiger partial charge in [-0.2, -0.15) is 5.01 Å². The zero-order valence-corrected chi connectivity index (χ0v) is 18.3. The number of carbonyl (C=O) groups is 1. The fourth-order valence-electron chi connectivity index (χ4n) is 3.30. The molecule has 3 aromatic carbocycles. The molecule has 0 unspecified atom stereocenters. The average Bonchev–Trinajstić information content (AvgIpc) is 3.30. The molecule has 1 amide bonds. The first-order chi connectivity index (χ1) is 17.1. The maximum Gasteiger partial charge on any atom is 0.318 e. The highest BCUT2D eigenvalue weighted by Crippen LogP contribution is 2.36. The van der Waals surface area contributed by atoms with Gasteiger partial charge in [-0.25, -0.2) is 0 Å². The second-order valence-electron chi connectivity index (χ2n) is 7.38. The topological polar surface area (TPSA) is 181 Å². The van der Waals surface area contributed by atoms with Crippen LogP contribution in [0, 0.1) is 30.3 Å². The summed E-state index contributed by atoms with van der Waals surface area (Å²) in [5.74, 6) is -0.324. The highest BCUT2D eigenvalue weighted by Gasteiger charge is 2.33. The molecule has 1 heterocycles. The molecule has 0 fully saturated rings. The van der Waals surface area contributed by atoms with Gasteiger partial charge in [0, 0.05) is 36.2 Å². The number of nitrogens with zero attached hydrogens (tertiary/aromatic N) is 5. The zero-order valence-electron chi connectivity index (χ0n) is 18.3. The first-order valence-electron chi connectivity index (χ1n) is 10.1. The van der Waals surface area contributed by atoms with Crippen molar-refractivity contribution < 1.29 is 29.0 Å². The molecular weight excluding hydrogens is 478 g/mol. The molecule has 36 heavy (non-hydrogen) atoms. The van der Waals surface area contributed by atoms with Gasteiger partial charge in [-0.3, -0.25) is 35.1 Å². The number of rotatable bonds is 7. The van der Waals surface area contributed by atoms with E-state index in [1.54, 1.807) is 12.1 Å². The Hall–Kier alpha value is -5.40. The first-order valence-corrected chi connectivity index (χ1v) is 10.1. The second-order valence-corrected chi connectivity index (χ2v) is 7.38. The predicted molar refractivity (Wildman–Crippen MR) is 122 cm³/mol. The summed E-state index contributed by atoms with van der Waals surface area (Å²) < 4.78 is 11.4. The maximum absolute atomic E-state index is 12.1. The molecule has 0 radical (unpaired) electrons. The Balaban J connectivity index is 1.55. The minimum atomic E-state index is -0.935. The lowest BCUT2D eigenvalue weighted by atomic mass is 10.1. The summed E-state index contributed by atoms with van der Waals surface area (Å²) in [4.78, 5) is 43.2. The molecular formula is C22H15N5O9. The number of hydrogen-bond acceptors (Lipinski definition) is 10. The lowest BCUT2D eigenvalue weighted by molar-refractivity contribution is -0.394. The summed E-state index contributed by atoms with van der Waals surface area (Å²) >= 11 is 0. The molecule has 14 nitrogen and oxygen atoms in total. The van der Waals surface area contributed by atoms with Crippen molar-refractivity contribution in [1.82, 2.24) is 5.01 Å². The molecule has 3 aromatic rings. The number of benzene rings is 3. The van der Waals surface area contributed by atoms with Crippen LogP contribution in [0.4, 0.5) is 17.1 Å². The van der Waals surface area contributed by atoms with Crippen molar-refractivity contribution in [2.24, 2.45) is 5.10 Å². The van der Waals surface area contributed by atoms with E-state index in [0.29, 0.717) is 11.1 Å². The van der Waals surface area contributed by atoms with E-state index in [1.165, 1.54) is 43.3 Å². The van der Waals surface area contributed by atoms with E-state index in [1.807, 2.05) is 0 Å². The summed E-state index contributed by atoms with van der Waals surface area (Å²) in [6.45, 7) is 1.30. The summed E-state index contributed by atoms with van der Waals surface area (Å²) in [6.07, 6.45) is -0.935. The molecule has 0 spiro atoms. The fourth-order valence-corrected chi connectivity index (χ4v) is 3.30. The van der Waals surface area contributed by atoms with Gasteiger partial charge in [-0.05, 0) is 42.5 Å². The molecule has 4 rings (SSSR count). The number of hydrazone groups is 1. The predicted octanol–water partition coefficient (Wildman–Crippen LogP) is 4.44. The number of non-ortho nitro benzene ring substituents is 2. The van der Waals surface area contributed by atoms with Gasteiger partial charge >= 0.3 is 5.69 Å². The van der Waals surface area contributed by atoms with Crippen molar-refractivity contribution in [3.8, 4) is 11.5 Å². The number of ether oxygens (including phenoxy) is 2. The molecule has 0 N–H and O–H groups in total. The molecule has 0 aromatic heterocycles. The summed E-state index contributed by atoms with van der Waals surface area (Å²) in [7, 11) is 0. The number of nitro benzene ring substituents is 3. The minimum Gasteiger partial charge on any atom is -0.450 e. The van der Waals surface area contributed by atoms with Gasteiger partial charge < -0.3 is 9.47 Å². The molecule has 0 saturated heterocycles. The third-order valence-electron chi connectivity index (χ3n) is 5.03. The van der Waals surface area contributed by atoms with Crippen LogP contribution in [0.25, 0.3) is 0 Å². The molecule has 0 saturated carbocycles. The van der Waals surface area contributed by atoms with Gasteiger partial charge in [0.15, 0.2) is 0 Å². The van der Waals surface area contributed by atoms with E-state index in [-0.39, 0.29) is 23.1 Å². The van der Waals surface area contributed by atoms with E-state index < -0.39 is 38.3 Å². The van der Waals surface area contributed by atoms with Crippen molar-refractivity contribution in [1.29, 1.82) is 0 Å². The van der Waals surface area contributed by atoms with Crippen LogP contribution in [0.15, 0.2) is 71.8 Å². The normalized spacial score (nSPS) is 14.5. The molecule has 0 aliphatic carbocycles. The number of carbonyl (C=O) groups excluding carboxylic acids is 1. The van der Waals surface area contributed by atoms with Crippen molar-refractivity contribution in [3.05, 3.63) is 108 Å². The first kappa shape index (κ1) is 23.7. The van der Waals surface area contributed by atoms with E-state index in [0.717, 1.165) is 23.2 Å². The molecule has 1 aliphatic heterocycles. The van der Waals surface area contributed by atoms with Crippen LogP contribution in [-0.4, -0.2) is 31.6 Å². The van der Waals surface area contributed by atoms with Crippen LogP contribution in [0.3, 0.4) is 0 Å². The highest BCUT2D eigenvalue weighted by atomic mass is 16.6. The maximum atomic E-state index is 12.1.